The first-order valence-electron chi connectivity index (χ1n) is 12.2. The van der Waals surface area contributed by atoms with Gasteiger partial charge < -0.3 is 10.1 Å². The summed E-state index contributed by atoms with van der Waals surface area (Å²) in [6.07, 6.45) is 12.8. The number of carbonyl (C=O) groups is 2. The molecule has 174 valence electrons. The van der Waals surface area contributed by atoms with Crippen molar-refractivity contribution in [1.82, 2.24) is 10.2 Å². The van der Waals surface area contributed by atoms with E-state index in [2.05, 4.69) is 19.2 Å². The summed E-state index contributed by atoms with van der Waals surface area (Å²) in [5.74, 6) is 1.13. The number of amides is 2. The van der Waals surface area contributed by atoms with Crippen molar-refractivity contribution in [2.75, 3.05) is 13.6 Å². The highest BCUT2D eigenvalue weighted by molar-refractivity contribution is 5.85. The second-order valence-corrected chi connectivity index (χ2v) is 11.4. The Morgan fingerprint density at radius 2 is 1.47 bits per heavy atom. The topological polar surface area (TPSA) is 58.6 Å². The lowest BCUT2D eigenvalue weighted by Crippen LogP contribution is -2.52. The van der Waals surface area contributed by atoms with Crippen LogP contribution in [0.2, 0.25) is 0 Å². The number of carbonyl (C=O) groups excluding carboxylic acids is 2. The van der Waals surface area contributed by atoms with Gasteiger partial charge in [-0.25, -0.2) is 4.79 Å². The molecule has 0 spiro atoms. The first kappa shape index (κ1) is 25.0. The minimum absolute atomic E-state index is 0.0298. The van der Waals surface area contributed by atoms with Crippen LogP contribution in [0.25, 0.3) is 0 Å². The molecule has 0 radical (unpaired) electrons. The van der Waals surface area contributed by atoms with Crippen LogP contribution in [-0.2, 0) is 9.53 Å². The molecule has 0 aliphatic heterocycles. The SMILES string of the molecule is CN(C(=O)OC(C)(C)C)C(CC1CCCCC1)C(=O)NCC(C)(C)C1CCCCC1. The summed E-state index contributed by atoms with van der Waals surface area (Å²) >= 11 is 0. The molecule has 0 aromatic heterocycles. The van der Waals surface area contributed by atoms with Crippen LogP contribution in [-0.4, -0.2) is 42.1 Å². The summed E-state index contributed by atoms with van der Waals surface area (Å²) in [5.41, 5.74) is -0.490. The summed E-state index contributed by atoms with van der Waals surface area (Å²) in [7, 11) is 1.72. The summed E-state index contributed by atoms with van der Waals surface area (Å²) in [5, 5.41) is 3.22. The number of ether oxygens (including phenoxy) is 1. The first-order chi connectivity index (χ1) is 14.0. The van der Waals surface area contributed by atoms with Crippen molar-refractivity contribution in [2.45, 2.75) is 117 Å². The predicted molar refractivity (Wildman–Crippen MR) is 122 cm³/mol. The van der Waals surface area contributed by atoms with E-state index >= 15 is 0 Å². The molecule has 2 rings (SSSR count). The van der Waals surface area contributed by atoms with E-state index in [-0.39, 0.29) is 11.3 Å². The summed E-state index contributed by atoms with van der Waals surface area (Å²) in [4.78, 5) is 27.5. The molecule has 5 heteroatoms. The second-order valence-electron chi connectivity index (χ2n) is 11.4. The van der Waals surface area contributed by atoms with Gasteiger partial charge >= 0.3 is 6.09 Å². The summed E-state index contributed by atoms with van der Waals surface area (Å²) in [6, 6.07) is -0.467. The maximum atomic E-state index is 13.3. The molecule has 2 aliphatic carbocycles. The van der Waals surface area contributed by atoms with Crippen molar-refractivity contribution in [1.29, 1.82) is 0 Å². The highest BCUT2D eigenvalue weighted by atomic mass is 16.6. The molecule has 1 atom stereocenters. The monoisotopic (exact) mass is 422 g/mol. The summed E-state index contributed by atoms with van der Waals surface area (Å²) in [6.45, 7) is 10.8. The normalized spacial score (nSPS) is 20.5. The molecule has 5 nitrogen and oxygen atoms in total. The van der Waals surface area contributed by atoms with Crippen LogP contribution in [0.3, 0.4) is 0 Å². The number of likely N-dealkylation sites (N-methyl/N-ethyl adjacent to an activating group) is 1. The Morgan fingerprint density at radius 1 is 0.933 bits per heavy atom. The number of rotatable bonds is 7. The predicted octanol–water partition coefficient (Wildman–Crippen LogP) is 5.92. The maximum Gasteiger partial charge on any atom is 0.410 e. The zero-order valence-electron chi connectivity index (χ0n) is 20.4. The molecule has 1 unspecified atom stereocenters. The van der Waals surface area contributed by atoms with Gasteiger partial charge in [0, 0.05) is 13.6 Å². The fourth-order valence-electron chi connectivity index (χ4n) is 5.10. The lowest BCUT2D eigenvalue weighted by atomic mass is 9.71. The minimum Gasteiger partial charge on any atom is -0.444 e. The highest BCUT2D eigenvalue weighted by Gasteiger charge is 2.35. The Bertz CT molecular complexity index is 555. The van der Waals surface area contributed by atoms with Gasteiger partial charge in [0.1, 0.15) is 11.6 Å². The van der Waals surface area contributed by atoms with Crippen LogP contribution in [0.15, 0.2) is 0 Å². The fraction of sp³-hybridized carbons (Fsp3) is 0.920. The van der Waals surface area contributed by atoms with Crippen molar-refractivity contribution in [3.8, 4) is 0 Å². The van der Waals surface area contributed by atoms with Crippen molar-refractivity contribution in [2.24, 2.45) is 17.3 Å². The van der Waals surface area contributed by atoms with Crippen molar-refractivity contribution >= 4 is 12.0 Å². The number of nitrogens with zero attached hydrogens (tertiary/aromatic N) is 1. The van der Waals surface area contributed by atoms with E-state index in [1.165, 1.54) is 56.3 Å². The van der Waals surface area contributed by atoms with E-state index < -0.39 is 17.7 Å². The Balaban J connectivity index is 2.03. The molecule has 1 N–H and O–H groups in total. The van der Waals surface area contributed by atoms with Gasteiger partial charge in [0.2, 0.25) is 5.91 Å². The molecule has 0 saturated heterocycles. The summed E-state index contributed by atoms with van der Waals surface area (Å²) < 4.78 is 5.57. The van der Waals surface area contributed by atoms with Gasteiger partial charge in [0.05, 0.1) is 0 Å². The Hall–Kier alpha value is -1.26. The van der Waals surface area contributed by atoms with E-state index in [4.69, 9.17) is 4.74 Å². The molecule has 30 heavy (non-hydrogen) atoms. The first-order valence-corrected chi connectivity index (χ1v) is 12.2. The van der Waals surface area contributed by atoms with Crippen LogP contribution in [0.1, 0.15) is 105 Å². The van der Waals surface area contributed by atoms with Crippen LogP contribution in [0.4, 0.5) is 4.79 Å². The van der Waals surface area contributed by atoms with Crippen molar-refractivity contribution in [3.63, 3.8) is 0 Å². The van der Waals surface area contributed by atoms with Gasteiger partial charge in [-0.05, 0) is 57.3 Å². The third-order valence-electron chi connectivity index (χ3n) is 7.16. The molecule has 2 saturated carbocycles. The molecule has 0 aromatic rings. The van der Waals surface area contributed by atoms with E-state index in [0.29, 0.717) is 18.4 Å². The maximum absolute atomic E-state index is 13.3. The van der Waals surface area contributed by atoms with Gasteiger partial charge in [-0.1, -0.05) is 65.2 Å². The van der Waals surface area contributed by atoms with Crippen molar-refractivity contribution < 1.29 is 14.3 Å². The third-order valence-corrected chi connectivity index (χ3v) is 7.16. The van der Waals surface area contributed by atoms with Gasteiger partial charge in [0.25, 0.3) is 0 Å². The lowest BCUT2D eigenvalue weighted by molar-refractivity contribution is -0.127. The second kappa shape index (κ2) is 10.9. The molecular formula is C25H46N2O3. The van der Waals surface area contributed by atoms with E-state index in [0.717, 1.165) is 19.3 Å². The van der Waals surface area contributed by atoms with Crippen LogP contribution in [0, 0.1) is 17.3 Å². The smallest absolute Gasteiger partial charge is 0.410 e. The van der Waals surface area contributed by atoms with E-state index in [1.54, 1.807) is 7.05 Å². The Labute approximate surface area is 184 Å². The van der Waals surface area contributed by atoms with Crippen LogP contribution in [0.5, 0.6) is 0 Å². The zero-order chi connectivity index (χ0) is 22.4. The third kappa shape index (κ3) is 7.77. The molecule has 2 fully saturated rings. The molecule has 2 amide bonds. The molecule has 0 aromatic carbocycles. The fourth-order valence-corrected chi connectivity index (χ4v) is 5.10. The average molecular weight is 423 g/mol. The quantitative estimate of drug-likeness (QED) is 0.554. The van der Waals surface area contributed by atoms with Crippen molar-refractivity contribution in [3.05, 3.63) is 0 Å². The molecule has 0 heterocycles. The van der Waals surface area contributed by atoms with Gasteiger partial charge in [-0.3, -0.25) is 9.69 Å². The van der Waals surface area contributed by atoms with Crippen LogP contribution >= 0.6 is 0 Å². The van der Waals surface area contributed by atoms with Crippen LogP contribution < -0.4 is 5.32 Å². The number of hydrogen-bond donors (Lipinski definition) is 1. The largest absolute Gasteiger partial charge is 0.444 e. The molecule has 2 aliphatic rings. The average Bonchev–Trinajstić information content (AvgIpc) is 2.70. The standard InChI is InChI=1S/C25H46N2O3/c1-24(2,3)30-23(29)27(6)21(17-19-13-9-7-10-14-19)22(28)26-18-25(4,5)20-15-11-8-12-16-20/h19-21H,7-18H2,1-6H3,(H,26,28). The molecule has 0 bridgehead atoms. The van der Waals surface area contributed by atoms with E-state index in [9.17, 15) is 9.59 Å². The molecular weight excluding hydrogens is 376 g/mol. The van der Waals surface area contributed by atoms with E-state index in [1.807, 2.05) is 20.8 Å². The highest BCUT2D eigenvalue weighted by Crippen LogP contribution is 2.38. The Morgan fingerprint density at radius 3 is 2.00 bits per heavy atom. The van der Waals surface area contributed by atoms with Gasteiger partial charge in [-0.2, -0.15) is 0 Å². The van der Waals surface area contributed by atoms with Gasteiger partial charge in [0.15, 0.2) is 0 Å². The lowest BCUT2D eigenvalue weighted by Gasteiger charge is -2.38. The Kier molecular flexibility index (Phi) is 9.05. The number of hydrogen-bond acceptors (Lipinski definition) is 3. The number of nitrogens with one attached hydrogen (secondary N) is 1. The zero-order valence-corrected chi connectivity index (χ0v) is 20.4. The van der Waals surface area contributed by atoms with Gasteiger partial charge in [-0.15, -0.1) is 0 Å². The minimum atomic E-state index is -0.569.